The first-order valence-electron chi connectivity index (χ1n) is 4.12. The monoisotopic (exact) mass is 224 g/mol. The average molecular weight is 224 g/mol. The first-order chi connectivity index (χ1) is 7.07. The third-order valence-corrected chi connectivity index (χ3v) is 2.73. The molecular weight excluding hydrogens is 216 g/mol. The molecule has 1 rings (SSSR count). The maximum absolute atomic E-state index is 10.7. The molecule has 0 saturated heterocycles. The normalized spacial score (nSPS) is 10.3. The number of rotatable bonds is 4. The molecule has 15 heavy (non-hydrogen) atoms. The maximum Gasteiger partial charge on any atom is 0.0643 e. The lowest BCUT2D eigenvalue weighted by molar-refractivity contribution is -0.326. The highest BCUT2D eigenvalue weighted by atomic mass is 32.2. The summed E-state index contributed by atoms with van der Waals surface area (Å²) >= 11 is 1.28. The zero-order valence-electron chi connectivity index (χ0n) is 7.93. The van der Waals surface area contributed by atoms with Crippen LogP contribution in [0.5, 0.6) is 0 Å². The smallest absolute Gasteiger partial charge is 0.0643 e. The minimum absolute atomic E-state index is 0.199. The van der Waals surface area contributed by atoms with Gasteiger partial charge in [0.05, 0.1) is 17.9 Å². The van der Waals surface area contributed by atoms with E-state index in [1.165, 1.54) is 17.8 Å². The summed E-state index contributed by atoms with van der Waals surface area (Å²) in [6.07, 6.45) is 1.74. The summed E-state index contributed by atoms with van der Waals surface area (Å²) in [5, 5.41) is 21.3. The molecule has 0 atom stereocenters. The molecule has 1 aromatic rings. The Kier molecular flexibility index (Phi) is 3.74. The van der Waals surface area contributed by atoms with Crippen LogP contribution in [0.1, 0.15) is 11.5 Å². The quantitative estimate of drug-likeness (QED) is 0.483. The van der Waals surface area contributed by atoms with Gasteiger partial charge in [-0.25, -0.2) is 0 Å². The third kappa shape index (κ3) is 2.50. The Bertz CT molecular complexity index is 375. The Balaban J connectivity index is 3.22. The Labute approximate surface area is 90.9 Å². The lowest BCUT2D eigenvalue weighted by Crippen LogP contribution is -2.41. The van der Waals surface area contributed by atoms with E-state index in [1.807, 2.05) is 0 Å². The predicted molar refractivity (Wildman–Crippen MR) is 51.0 cm³/mol. The van der Waals surface area contributed by atoms with Crippen LogP contribution in [0.15, 0.2) is 29.2 Å². The first kappa shape index (κ1) is 11.6. The molecule has 0 aliphatic rings. The molecule has 0 N–H and O–H groups in total. The van der Waals surface area contributed by atoms with Gasteiger partial charge in [-0.15, -0.1) is 11.8 Å². The fourth-order valence-corrected chi connectivity index (χ4v) is 1.89. The van der Waals surface area contributed by atoms with Crippen LogP contribution in [0.3, 0.4) is 0 Å². The van der Waals surface area contributed by atoms with Crippen molar-refractivity contribution >= 4 is 23.7 Å². The van der Waals surface area contributed by atoms with Gasteiger partial charge in [0.2, 0.25) is 0 Å². The molecule has 0 aromatic heterocycles. The number of thioether (sulfide) groups is 1. The van der Waals surface area contributed by atoms with Gasteiger partial charge in [0.15, 0.2) is 0 Å². The van der Waals surface area contributed by atoms with E-state index >= 15 is 0 Å². The van der Waals surface area contributed by atoms with Crippen LogP contribution in [0.25, 0.3) is 0 Å². The van der Waals surface area contributed by atoms with Crippen molar-refractivity contribution in [1.29, 1.82) is 0 Å². The van der Waals surface area contributed by atoms with Gasteiger partial charge in [-0.2, -0.15) is 0 Å². The van der Waals surface area contributed by atoms with Gasteiger partial charge in [-0.3, -0.25) is 0 Å². The highest BCUT2D eigenvalue weighted by Gasteiger charge is 2.16. The number of carboxylic acid groups (broad SMARTS) is 2. The van der Waals surface area contributed by atoms with Crippen molar-refractivity contribution in [2.24, 2.45) is 0 Å². The van der Waals surface area contributed by atoms with E-state index in [4.69, 9.17) is 0 Å². The number of hydrogen-bond acceptors (Lipinski definition) is 5. The molecule has 0 spiro atoms. The molecule has 0 amide bonds. The lowest BCUT2D eigenvalue weighted by atomic mass is 10.00. The van der Waals surface area contributed by atoms with Gasteiger partial charge in [0, 0.05) is 4.90 Å². The van der Waals surface area contributed by atoms with Crippen LogP contribution >= 0.6 is 11.8 Å². The number of benzene rings is 1. The van der Waals surface area contributed by atoms with Crippen molar-refractivity contribution in [3.63, 3.8) is 0 Å². The second-order valence-electron chi connectivity index (χ2n) is 2.81. The van der Waals surface area contributed by atoms with Gasteiger partial charge in [0.1, 0.15) is 0 Å². The highest BCUT2D eigenvalue weighted by Crippen LogP contribution is 2.26. The second-order valence-corrected chi connectivity index (χ2v) is 3.66. The van der Waals surface area contributed by atoms with E-state index in [2.05, 4.69) is 0 Å². The molecule has 0 radical (unpaired) electrons. The van der Waals surface area contributed by atoms with E-state index < -0.39 is 17.9 Å². The molecule has 4 nitrogen and oxygen atoms in total. The number of carbonyl (C=O) groups excluding carboxylic acids is 2. The van der Waals surface area contributed by atoms with E-state index in [9.17, 15) is 19.8 Å². The van der Waals surface area contributed by atoms with Crippen LogP contribution in [-0.2, 0) is 9.59 Å². The van der Waals surface area contributed by atoms with Gasteiger partial charge >= 0.3 is 0 Å². The number of hydrogen-bond donors (Lipinski definition) is 0. The molecule has 0 aliphatic heterocycles. The lowest BCUT2D eigenvalue weighted by Gasteiger charge is -2.21. The zero-order valence-corrected chi connectivity index (χ0v) is 8.74. The molecule has 0 fully saturated rings. The maximum atomic E-state index is 10.7. The molecule has 5 heteroatoms. The number of aliphatic carboxylic acids is 2. The molecule has 0 saturated carbocycles. The van der Waals surface area contributed by atoms with E-state index in [0.29, 0.717) is 4.90 Å². The fourth-order valence-electron chi connectivity index (χ4n) is 1.26. The summed E-state index contributed by atoms with van der Waals surface area (Å²) in [5.41, 5.74) is 0.199. The van der Waals surface area contributed by atoms with E-state index in [0.717, 1.165) is 0 Å². The Hall–Kier alpha value is -1.49. The topological polar surface area (TPSA) is 80.3 Å². The summed E-state index contributed by atoms with van der Waals surface area (Å²) in [6.45, 7) is 0. The van der Waals surface area contributed by atoms with Gasteiger partial charge in [0.25, 0.3) is 0 Å². The summed E-state index contributed by atoms with van der Waals surface area (Å²) in [7, 11) is 0. The summed E-state index contributed by atoms with van der Waals surface area (Å²) < 4.78 is 0. The molecule has 0 heterocycles. The van der Waals surface area contributed by atoms with Crippen LogP contribution in [0.4, 0.5) is 0 Å². The van der Waals surface area contributed by atoms with E-state index in [1.54, 1.807) is 24.5 Å². The van der Waals surface area contributed by atoms with E-state index in [-0.39, 0.29) is 5.56 Å². The SMILES string of the molecule is CSc1ccccc1C(C(=O)[O-])C(=O)[O-]. The summed E-state index contributed by atoms with van der Waals surface area (Å²) in [4.78, 5) is 21.9. The highest BCUT2D eigenvalue weighted by molar-refractivity contribution is 7.98. The van der Waals surface area contributed by atoms with Crippen LogP contribution in [-0.4, -0.2) is 18.2 Å². The minimum atomic E-state index is -1.71. The van der Waals surface area contributed by atoms with Crippen LogP contribution < -0.4 is 10.2 Å². The Morgan fingerprint density at radius 2 is 1.73 bits per heavy atom. The second kappa shape index (κ2) is 4.84. The molecule has 80 valence electrons. The molecule has 1 aromatic carbocycles. The largest absolute Gasteiger partial charge is 0.549 e. The third-order valence-electron chi connectivity index (χ3n) is 1.92. The Morgan fingerprint density at radius 1 is 1.20 bits per heavy atom. The van der Waals surface area contributed by atoms with Crippen molar-refractivity contribution in [2.75, 3.05) is 6.26 Å². The van der Waals surface area contributed by atoms with Crippen molar-refractivity contribution < 1.29 is 19.8 Å². The summed E-state index contributed by atoms with van der Waals surface area (Å²) in [6, 6.07) is 6.38. The van der Waals surface area contributed by atoms with Crippen molar-refractivity contribution in [2.45, 2.75) is 10.8 Å². The predicted octanol–water partition coefficient (Wildman–Crippen LogP) is -1.01. The zero-order chi connectivity index (χ0) is 11.4. The average Bonchev–Trinajstić information content (AvgIpc) is 2.17. The van der Waals surface area contributed by atoms with Gasteiger partial charge in [-0.1, -0.05) is 18.2 Å². The molecule has 0 aliphatic carbocycles. The van der Waals surface area contributed by atoms with Crippen molar-refractivity contribution in [3.05, 3.63) is 29.8 Å². The number of carbonyl (C=O) groups is 2. The standard InChI is InChI=1S/C10H10O4S/c1-15-7-5-3-2-4-6(7)8(9(11)12)10(13)14/h2-5,8H,1H3,(H,11,12)(H,13,14)/p-2. The van der Waals surface area contributed by atoms with Gasteiger partial charge in [-0.05, 0) is 17.9 Å². The molecule has 0 unspecified atom stereocenters. The Morgan fingerprint density at radius 3 is 2.20 bits per heavy atom. The summed E-state index contributed by atoms with van der Waals surface area (Å²) in [5.74, 6) is -5.03. The fraction of sp³-hybridized carbons (Fsp3) is 0.200. The van der Waals surface area contributed by atoms with Crippen molar-refractivity contribution in [1.82, 2.24) is 0 Å². The van der Waals surface area contributed by atoms with Crippen LogP contribution in [0, 0.1) is 0 Å². The van der Waals surface area contributed by atoms with Crippen LogP contribution in [0.2, 0.25) is 0 Å². The molecular formula is C10H8O4S-2. The molecule has 0 bridgehead atoms. The number of carboxylic acids is 2. The van der Waals surface area contributed by atoms with Gasteiger partial charge < -0.3 is 19.8 Å². The van der Waals surface area contributed by atoms with Crippen molar-refractivity contribution in [3.8, 4) is 0 Å². The first-order valence-corrected chi connectivity index (χ1v) is 5.35. The minimum Gasteiger partial charge on any atom is -0.549 e.